The molecule has 0 radical (unpaired) electrons. The van der Waals surface area contributed by atoms with Gasteiger partial charge in [-0.25, -0.2) is 4.98 Å². The van der Waals surface area contributed by atoms with Gasteiger partial charge >= 0.3 is 0 Å². The molecule has 1 saturated carbocycles. The van der Waals surface area contributed by atoms with Crippen molar-refractivity contribution in [2.45, 2.75) is 38.8 Å². The molecule has 1 aromatic rings. The molecule has 0 unspecified atom stereocenters. The highest BCUT2D eigenvalue weighted by molar-refractivity contribution is 5.06. The average Bonchev–Trinajstić information content (AvgIpc) is 3.05. The number of nitrogens with one attached hydrogen (secondary N) is 1. The van der Waals surface area contributed by atoms with Crippen molar-refractivity contribution in [2.24, 2.45) is 5.92 Å². The van der Waals surface area contributed by atoms with Crippen LogP contribution in [0.3, 0.4) is 0 Å². The molecule has 1 heterocycles. The monoisotopic (exact) mass is 237 g/mol. The van der Waals surface area contributed by atoms with E-state index in [1.54, 1.807) is 7.11 Å². The van der Waals surface area contributed by atoms with Crippen molar-refractivity contribution in [1.29, 1.82) is 0 Å². The van der Waals surface area contributed by atoms with Crippen molar-refractivity contribution in [1.82, 2.24) is 14.9 Å². The zero-order valence-corrected chi connectivity index (χ0v) is 11.1. The van der Waals surface area contributed by atoms with Gasteiger partial charge in [0, 0.05) is 31.9 Å². The zero-order valence-electron chi connectivity index (χ0n) is 11.1. The molecular formula is C13H23N3O. The maximum atomic E-state index is 5.02. The molecule has 1 aliphatic rings. The third-order valence-corrected chi connectivity index (χ3v) is 3.70. The third kappa shape index (κ3) is 2.87. The number of aromatic nitrogens is 2. The lowest BCUT2D eigenvalue weighted by Gasteiger charge is -2.28. The van der Waals surface area contributed by atoms with Crippen LogP contribution < -0.4 is 5.32 Å². The number of nitrogens with zero attached hydrogens (tertiary/aromatic N) is 2. The Morgan fingerprint density at radius 3 is 2.94 bits per heavy atom. The van der Waals surface area contributed by atoms with E-state index in [1.165, 1.54) is 18.5 Å². The number of imidazole rings is 1. The fraction of sp³-hybridized carbons (Fsp3) is 0.769. The van der Waals surface area contributed by atoms with Gasteiger partial charge in [-0.3, -0.25) is 0 Å². The lowest BCUT2D eigenvalue weighted by Crippen LogP contribution is -2.31. The molecule has 0 spiro atoms. The first-order chi connectivity index (χ1) is 8.16. The van der Waals surface area contributed by atoms with E-state index >= 15 is 0 Å². The molecule has 0 aromatic carbocycles. The van der Waals surface area contributed by atoms with Crippen molar-refractivity contribution in [3.05, 3.63) is 18.2 Å². The first-order valence-corrected chi connectivity index (χ1v) is 6.37. The van der Waals surface area contributed by atoms with E-state index in [1.807, 2.05) is 12.5 Å². The van der Waals surface area contributed by atoms with Crippen LogP contribution >= 0.6 is 0 Å². The number of methoxy groups -OCH3 is 1. The highest BCUT2D eigenvalue weighted by atomic mass is 16.5. The van der Waals surface area contributed by atoms with E-state index in [2.05, 4.69) is 28.7 Å². The average molecular weight is 237 g/mol. The summed E-state index contributed by atoms with van der Waals surface area (Å²) in [5, 5.41) is 3.37. The summed E-state index contributed by atoms with van der Waals surface area (Å²) in [6.07, 6.45) is 6.62. The predicted octanol–water partition coefficient (Wildman–Crippen LogP) is 1.76. The van der Waals surface area contributed by atoms with Gasteiger partial charge in [-0.05, 0) is 32.6 Å². The van der Waals surface area contributed by atoms with Crippen LogP contribution in [0, 0.1) is 5.92 Å². The largest absolute Gasteiger partial charge is 0.383 e. The van der Waals surface area contributed by atoms with Crippen molar-refractivity contribution in [3.8, 4) is 0 Å². The van der Waals surface area contributed by atoms with Crippen molar-refractivity contribution in [2.75, 3.05) is 20.3 Å². The van der Waals surface area contributed by atoms with Crippen LogP contribution in [-0.2, 0) is 16.8 Å². The molecule has 0 atom stereocenters. The van der Waals surface area contributed by atoms with Crippen LogP contribution in [0.2, 0.25) is 0 Å². The summed E-state index contributed by atoms with van der Waals surface area (Å²) in [6.45, 7) is 7.11. The molecule has 1 N–H and O–H groups in total. The lowest BCUT2D eigenvalue weighted by molar-refractivity contribution is 0.198. The lowest BCUT2D eigenvalue weighted by atomic mass is 9.98. The molecule has 4 nitrogen and oxygen atoms in total. The molecule has 4 heteroatoms. The second-order valence-corrected chi connectivity index (χ2v) is 5.35. The molecule has 17 heavy (non-hydrogen) atoms. The van der Waals surface area contributed by atoms with Gasteiger partial charge in [-0.2, -0.15) is 0 Å². The Morgan fingerprint density at radius 2 is 2.29 bits per heavy atom. The van der Waals surface area contributed by atoms with Crippen LogP contribution in [0.25, 0.3) is 0 Å². The van der Waals surface area contributed by atoms with Gasteiger partial charge in [0.05, 0.1) is 18.6 Å². The van der Waals surface area contributed by atoms with Crippen LogP contribution in [0.5, 0.6) is 0 Å². The molecular weight excluding hydrogens is 214 g/mol. The molecule has 1 fully saturated rings. The maximum absolute atomic E-state index is 5.02. The summed E-state index contributed by atoms with van der Waals surface area (Å²) in [5.74, 6) is 0.814. The van der Waals surface area contributed by atoms with Crippen molar-refractivity contribution < 1.29 is 4.74 Å². The minimum absolute atomic E-state index is 0.203. The summed E-state index contributed by atoms with van der Waals surface area (Å²) in [4.78, 5) is 4.29. The Hall–Kier alpha value is -0.870. The quantitative estimate of drug-likeness (QED) is 0.735. The van der Waals surface area contributed by atoms with Crippen molar-refractivity contribution in [3.63, 3.8) is 0 Å². The number of ether oxygens (including phenoxy) is 1. The molecule has 0 amide bonds. The highest BCUT2D eigenvalue weighted by Crippen LogP contribution is 2.44. The van der Waals surface area contributed by atoms with E-state index < -0.39 is 0 Å². The Morgan fingerprint density at radius 1 is 1.53 bits per heavy atom. The van der Waals surface area contributed by atoms with Crippen LogP contribution in [-0.4, -0.2) is 29.8 Å². The Bertz CT molecular complexity index is 355. The summed E-state index contributed by atoms with van der Waals surface area (Å²) >= 11 is 0. The van der Waals surface area contributed by atoms with Gasteiger partial charge < -0.3 is 14.6 Å². The zero-order chi connectivity index (χ0) is 12.3. The number of hydrogen-bond acceptors (Lipinski definition) is 3. The fourth-order valence-corrected chi connectivity index (χ4v) is 2.35. The van der Waals surface area contributed by atoms with Gasteiger partial charge in [0.25, 0.3) is 0 Å². The van der Waals surface area contributed by atoms with Gasteiger partial charge in [-0.15, -0.1) is 0 Å². The van der Waals surface area contributed by atoms with E-state index in [4.69, 9.17) is 4.74 Å². The summed E-state index contributed by atoms with van der Waals surface area (Å²) in [6, 6.07) is 0. The standard InChI is InChI=1S/C13H23N3O/c1-13(2,11-4-5-11)16-10-15-9-12(16)8-14-6-7-17-3/h9-11,14H,4-8H2,1-3H3. The van der Waals surface area contributed by atoms with Crippen LogP contribution in [0.1, 0.15) is 32.4 Å². The van der Waals surface area contributed by atoms with Crippen LogP contribution in [0.15, 0.2) is 12.5 Å². The summed E-state index contributed by atoms with van der Waals surface area (Å²) < 4.78 is 7.35. The van der Waals surface area contributed by atoms with Crippen molar-refractivity contribution >= 4 is 0 Å². The molecule has 0 aliphatic heterocycles. The van der Waals surface area contributed by atoms with E-state index in [0.29, 0.717) is 0 Å². The number of rotatable bonds is 7. The molecule has 0 bridgehead atoms. The maximum Gasteiger partial charge on any atom is 0.0953 e. The van der Waals surface area contributed by atoms with E-state index in [0.717, 1.165) is 25.6 Å². The second-order valence-electron chi connectivity index (χ2n) is 5.35. The summed E-state index contributed by atoms with van der Waals surface area (Å²) in [5.41, 5.74) is 1.47. The SMILES string of the molecule is COCCNCc1cncn1C(C)(C)C1CC1. The normalized spacial score (nSPS) is 16.4. The second kappa shape index (κ2) is 5.19. The van der Waals surface area contributed by atoms with Gasteiger partial charge in [0.1, 0.15) is 0 Å². The molecule has 2 rings (SSSR count). The van der Waals surface area contributed by atoms with Gasteiger partial charge in [0.15, 0.2) is 0 Å². The van der Waals surface area contributed by atoms with Crippen LogP contribution in [0.4, 0.5) is 0 Å². The molecule has 1 aliphatic carbocycles. The van der Waals surface area contributed by atoms with Gasteiger partial charge in [0.2, 0.25) is 0 Å². The Balaban J connectivity index is 1.96. The predicted molar refractivity (Wildman–Crippen MR) is 67.9 cm³/mol. The minimum atomic E-state index is 0.203. The number of hydrogen-bond donors (Lipinski definition) is 1. The molecule has 0 saturated heterocycles. The molecule has 1 aromatic heterocycles. The topological polar surface area (TPSA) is 39.1 Å². The Labute approximate surface area is 103 Å². The third-order valence-electron chi connectivity index (χ3n) is 3.70. The highest BCUT2D eigenvalue weighted by Gasteiger charge is 2.39. The minimum Gasteiger partial charge on any atom is -0.383 e. The van der Waals surface area contributed by atoms with E-state index in [9.17, 15) is 0 Å². The Kier molecular flexibility index (Phi) is 3.84. The fourth-order valence-electron chi connectivity index (χ4n) is 2.35. The smallest absolute Gasteiger partial charge is 0.0953 e. The molecule has 96 valence electrons. The van der Waals surface area contributed by atoms with Gasteiger partial charge in [-0.1, -0.05) is 0 Å². The first-order valence-electron chi connectivity index (χ1n) is 6.37. The van der Waals surface area contributed by atoms with E-state index in [-0.39, 0.29) is 5.54 Å². The summed E-state index contributed by atoms with van der Waals surface area (Å²) in [7, 11) is 1.72. The first kappa shape index (κ1) is 12.6.